The van der Waals surface area contributed by atoms with Crippen molar-refractivity contribution < 1.29 is 29.2 Å². The van der Waals surface area contributed by atoms with Crippen LogP contribution >= 0.6 is 11.6 Å². The van der Waals surface area contributed by atoms with Gasteiger partial charge in [-0.15, -0.1) is 0 Å². The van der Waals surface area contributed by atoms with Gasteiger partial charge in [0.05, 0.1) is 23.3 Å². The fourth-order valence-corrected chi connectivity index (χ4v) is 8.31. The summed E-state index contributed by atoms with van der Waals surface area (Å²) < 4.78 is 19.3. The van der Waals surface area contributed by atoms with Crippen LogP contribution in [0.1, 0.15) is 78.0 Å². The van der Waals surface area contributed by atoms with Gasteiger partial charge in [-0.25, -0.2) is 0 Å². The fraction of sp³-hybridized carbons (Fsp3) is 0.419. The molecule has 10 nitrogen and oxygen atoms in total. The van der Waals surface area contributed by atoms with Crippen molar-refractivity contribution in [2.24, 2.45) is 0 Å². The summed E-state index contributed by atoms with van der Waals surface area (Å²) in [5.41, 5.74) is 7.72. The lowest BCUT2D eigenvalue weighted by Crippen LogP contribution is -2.44. The number of hydrogen-bond donors (Lipinski definition) is 2. The molecule has 0 radical (unpaired) electrons. The summed E-state index contributed by atoms with van der Waals surface area (Å²) in [4.78, 5) is 20.5. The number of aliphatic hydroxyl groups is 1. The normalized spacial score (nSPS) is 20.0. The number of likely N-dealkylation sites (tertiary alicyclic amines) is 2. The number of carboxylic acids is 1. The molecule has 1 aromatic heterocycles. The number of nitrogens with zero attached hydrogens (tertiary/aromatic N) is 4. The van der Waals surface area contributed by atoms with Gasteiger partial charge in [0, 0.05) is 55.8 Å². The van der Waals surface area contributed by atoms with Crippen molar-refractivity contribution in [3.63, 3.8) is 0 Å². The lowest BCUT2D eigenvalue weighted by atomic mass is 9.93. The first-order chi connectivity index (χ1) is 26.3. The minimum Gasteiger partial charge on any atom is -0.493 e. The van der Waals surface area contributed by atoms with Crippen LogP contribution in [-0.4, -0.2) is 75.9 Å². The van der Waals surface area contributed by atoms with E-state index in [4.69, 9.17) is 25.8 Å². The van der Waals surface area contributed by atoms with Crippen LogP contribution < -0.4 is 14.2 Å². The van der Waals surface area contributed by atoms with Crippen molar-refractivity contribution in [1.29, 1.82) is 5.26 Å². The molecule has 54 heavy (non-hydrogen) atoms. The summed E-state index contributed by atoms with van der Waals surface area (Å²) in [5, 5.41) is 29.6. The van der Waals surface area contributed by atoms with Crippen LogP contribution in [0.15, 0.2) is 67.0 Å². The van der Waals surface area contributed by atoms with Gasteiger partial charge in [0.25, 0.3) is 0 Å². The number of halogens is 1. The average molecular weight is 751 g/mol. The van der Waals surface area contributed by atoms with Crippen molar-refractivity contribution in [2.45, 2.75) is 83.3 Å². The molecule has 7 rings (SSSR count). The maximum absolute atomic E-state index is 12.1. The first-order valence-electron chi connectivity index (χ1n) is 18.9. The van der Waals surface area contributed by atoms with E-state index in [1.807, 2.05) is 23.1 Å². The molecule has 3 atom stereocenters. The van der Waals surface area contributed by atoms with Gasteiger partial charge in [-0.2, -0.15) is 5.26 Å². The van der Waals surface area contributed by atoms with Crippen molar-refractivity contribution >= 4 is 17.6 Å². The minimum absolute atomic E-state index is 0.166. The molecule has 11 heteroatoms. The monoisotopic (exact) mass is 750 g/mol. The summed E-state index contributed by atoms with van der Waals surface area (Å²) in [6, 6.07) is 19.5. The largest absolute Gasteiger partial charge is 0.493 e. The number of fused-ring (bicyclic) bond motifs is 1. The van der Waals surface area contributed by atoms with E-state index in [9.17, 15) is 20.3 Å². The van der Waals surface area contributed by atoms with Gasteiger partial charge in [-0.3, -0.25) is 14.7 Å². The highest BCUT2D eigenvalue weighted by Crippen LogP contribution is 2.44. The highest BCUT2D eigenvalue weighted by atomic mass is 35.5. The van der Waals surface area contributed by atoms with Crippen LogP contribution in [0.2, 0.25) is 5.02 Å². The smallest absolute Gasteiger partial charge is 0.320 e. The van der Waals surface area contributed by atoms with E-state index in [0.29, 0.717) is 48.2 Å². The van der Waals surface area contributed by atoms with E-state index in [2.05, 4.69) is 53.2 Å². The number of carboxylic acid groups (broad SMARTS) is 1. The Morgan fingerprint density at radius 2 is 1.85 bits per heavy atom. The van der Waals surface area contributed by atoms with Crippen LogP contribution in [-0.2, 0) is 24.4 Å². The van der Waals surface area contributed by atoms with Crippen LogP contribution in [0.5, 0.6) is 17.2 Å². The highest BCUT2D eigenvalue weighted by molar-refractivity contribution is 6.32. The molecule has 1 unspecified atom stereocenters. The van der Waals surface area contributed by atoms with E-state index < -0.39 is 12.0 Å². The van der Waals surface area contributed by atoms with E-state index in [-0.39, 0.29) is 18.8 Å². The minimum atomic E-state index is -0.827. The molecule has 2 aliphatic heterocycles. The van der Waals surface area contributed by atoms with E-state index >= 15 is 0 Å². The third-order valence-electron chi connectivity index (χ3n) is 10.9. The Labute approximate surface area is 321 Å². The molecule has 3 heterocycles. The van der Waals surface area contributed by atoms with E-state index in [1.165, 1.54) is 17.3 Å². The number of hydrogen-bond acceptors (Lipinski definition) is 9. The summed E-state index contributed by atoms with van der Waals surface area (Å²) in [7, 11) is 0. The van der Waals surface area contributed by atoms with Crippen molar-refractivity contribution in [2.75, 3.05) is 32.8 Å². The summed E-state index contributed by atoms with van der Waals surface area (Å²) in [5.74, 6) is 1.09. The molecule has 1 aliphatic carbocycles. The van der Waals surface area contributed by atoms with Crippen LogP contribution in [0.3, 0.4) is 0 Å². The Balaban J connectivity index is 1.10. The molecule has 3 aromatic carbocycles. The second-order valence-electron chi connectivity index (χ2n) is 14.6. The van der Waals surface area contributed by atoms with Gasteiger partial charge in [-0.05, 0) is 98.0 Å². The number of aliphatic hydroxyl groups excluding tert-OH is 1. The van der Waals surface area contributed by atoms with Crippen molar-refractivity contribution in [1.82, 2.24) is 14.8 Å². The average Bonchev–Trinajstić information content (AvgIpc) is 3.80. The highest BCUT2D eigenvalue weighted by Gasteiger charge is 2.31. The number of nitriles is 1. The number of benzene rings is 3. The first-order valence-corrected chi connectivity index (χ1v) is 19.3. The number of ether oxygens (including phenoxy) is 3. The molecule has 2 fully saturated rings. The second kappa shape index (κ2) is 17.2. The zero-order valence-corrected chi connectivity index (χ0v) is 31.4. The zero-order chi connectivity index (χ0) is 37.6. The standard InChI is InChI=1S/C43H47ClN4O6/c1-28-33(7-5-11-39(28)52-18-6-15-47-17-14-32(49)26-47)34-8-4-9-36-35(34)12-13-40(36)54-42-21-41(53-27-30-19-29(22-45)23-46-24-30)31(20-37(42)44)25-48-16-3-2-10-38(48)43(50)51/h4-5,7-9,11,19-21,23-24,32,38,40,49H,2-3,6,10,12-18,25-27H2,1H3,(H,50,51)/t32-,38+,40?/m1/s1. The zero-order valence-electron chi connectivity index (χ0n) is 30.7. The topological polar surface area (TPSA) is 128 Å². The number of piperidine rings is 1. The van der Waals surface area contributed by atoms with Gasteiger partial charge >= 0.3 is 5.97 Å². The predicted octanol–water partition coefficient (Wildman–Crippen LogP) is 7.50. The fourth-order valence-electron chi connectivity index (χ4n) is 8.08. The Morgan fingerprint density at radius 1 is 1.00 bits per heavy atom. The molecule has 2 N–H and O–H groups in total. The lowest BCUT2D eigenvalue weighted by Gasteiger charge is -2.33. The predicted molar refractivity (Wildman–Crippen MR) is 206 cm³/mol. The molecule has 0 saturated carbocycles. The van der Waals surface area contributed by atoms with Gasteiger partial charge < -0.3 is 29.3 Å². The molecular weight excluding hydrogens is 704 g/mol. The third-order valence-corrected chi connectivity index (χ3v) is 11.2. The molecule has 3 aliphatic rings. The molecule has 4 aromatic rings. The molecule has 282 valence electrons. The van der Waals surface area contributed by atoms with Gasteiger partial charge in [-0.1, -0.05) is 48.4 Å². The quantitative estimate of drug-likeness (QED) is 0.125. The molecule has 2 saturated heterocycles. The maximum Gasteiger partial charge on any atom is 0.320 e. The van der Waals surface area contributed by atoms with Crippen LogP contribution in [0.4, 0.5) is 0 Å². The Bertz CT molecular complexity index is 2020. The molecule has 0 spiro atoms. The Kier molecular flexibility index (Phi) is 12.0. The van der Waals surface area contributed by atoms with Crippen molar-refractivity contribution in [3.05, 3.63) is 105 Å². The summed E-state index contributed by atoms with van der Waals surface area (Å²) in [6.07, 6.45) is 8.50. The number of carbonyl (C=O) groups is 1. The van der Waals surface area contributed by atoms with Crippen molar-refractivity contribution in [3.8, 4) is 34.4 Å². The van der Waals surface area contributed by atoms with E-state index in [1.54, 1.807) is 12.3 Å². The van der Waals surface area contributed by atoms with Crippen LogP contribution in [0, 0.1) is 18.3 Å². The summed E-state index contributed by atoms with van der Waals surface area (Å²) >= 11 is 6.95. The summed E-state index contributed by atoms with van der Waals surface area (Å²) in [6.45, 7) is 6.53. The molecule has 0 bridgehead atoms. The number of aromatic nitrogens is 1. The first kappa shape index (κ1) is 37.6. The van der Waals surface area contributed by atoms with Gasteiger partial charge in [0.2, 0.25) is 0 Å². The third kappa shape index (κ3) is 8.66. The Morgan fingerprint density at radius 3 is 2.67 bits per heavy atom. The number of pyridine rings is 1. The van der Waals surface area contributed by atoms with Gasteiger partial charge in [0.1, 0.15) is 42.1 Å². The molecular formula is C43H47ClN4O6. The van der Waals surface area contributed by atoms with E-state index in [0.717, 1.165) is 91.7 Å². The van der Waals surface area contributed by atoms with Gasteiger partial charge in [0.15, 0.2) is 0 Å². The number of β-amino-alcohol motifs (C(OH)–C–C–N with tert-alkyl or cyclic N) is 1. The molecule has 0 amide bonds. The van der Waals surface area contributed by atoms with Crippen LogP contribution in [0.25, 0.3) is 11.1 Å². The maximum atomic E-state index is 12.1. The number of rotatable bonds is 14. The number of aliphatic carboxylic acids is 1. The SMILES string of the molecule is Cc1c(OCCCN2CC[C@@H](O)C2)cccc1-c1cccc2c1CCC2Oc1cc(OCc2cncc(C#N)c2)c(CN2CCCC[C@H]2C(=O)O)cc1Cl. The lowest BCUT2D eigenvalue weighted by molar-refractivity contribution is -0.144. The second-order valence-corrected chi connectivity index (χ2v) is 15.0. The Hall–Kier alpha value is -4.66.